The molecule has 0 amide bonds. The molecule has 0 aliphatic rings. The maximum Gasteiger partial charge on any atom is 0.177 e. The molecule has 0 aliphatic carbocycles. The van der Waals surface area contributed by atoms with Gasteiger partial charge in [0.1, 0.15) is 11.5 Å². The van der Waals surface area contributed by atoms with E-state index in [4.69, 9.17) is 9.47 Å². The van der Waals surface area contributed by atoms with Crippen LogP contribution in [0.1, 0.15) is 50.9 Å². The molecule has 0 radical (unpaired) electrons. The lowest BCUT2D eigenvalue weighted by atomic mass is 10.1. The van der Waals surface area contributed by atoms with Crippen molar-refractivity contribution in [3.8, 4) is 11.5 Å². The monoisotopic (exact) mass is 370 g/mol. The Bertz CT molecular complexity index is 469. The molecule has 0 saturated carbocycles. The number of Topliss-reactive ketones (excluding diaryl/α,β-unsaturated/α-hetero) is 1. The van der Waals surface area contributed by atoms with E-state index in [9.17, 15) is 4.79 Å². The van der Waals surface area contributed by atoms with Gasteiger partial charge in [0.05, 0.1) is 24.1 Å². The van der Waals surface area contributed by atoms with E-state index in [1.165, 1.54) is 0 Å². The fourth-order valence-corrected chi connectivity index (χ4v) is 2.13. The predicted molar refractivity (Wildman–Crippen MR) is 94.5 cm³/mol. The molecule has 0 unspecified atom stereocenters. The summed E-state index contributed by atoms with van der Waals surface area (Å²) in [5, 5.41) is 0.281. The number of hydrogen-bond donors (Lipinski definition) is 0. The van der Waals surface area contributed by atoms with Crippen molar-refractivity contribution in [2.45, 2.75) is 40.5 Å². The third-order valence-electron chi connectivity index (χ3n) is 3.29. The van der Waals surface area contributed by atoms with Gasteiger partial charge in [0.15, 0.2) is 5.78 Å². The summed E-state index contributed by atoms with van der Waals surface area (Å²) >= 11 is 3.23. The standard InChI is InChI=1S/C18H27BrO3/c1-13(2)7-9-21-15-5-6-18(22-10-8-14(3)4)16(11-15)17(20)12-19/h5-6,11,13-14H,7-10,12H2,1-4H3. The highest BCUT2D eigenvalue weighted by Crippen LogP contribution is 2.26. The van der Waals surface area contributed by atoms with Crippen LogP contribution < -0.4 is 9.47 Å². The number of ketones is 1. The largest absolute Gasteiger partial charge is 0.494 e. The molecule has 124 valence electrons. The smallest absolute Gasteiger partial charge is 0.177 e. The van der Waals surface area contributed by atoms with Crippen LogP contribution in [0.3, 0.4) is 0 Å². The van der Waals surface area contributed by atoms with Crippen LogP contribution in [0.5, 0.6) is 11.5 Å². The van der Waals surface area contributed by atoms with Crippen LogP contribution in [0.4, 0.5) is 0 Å². The Morgan fingerprint density at radius 2 is 1.64 bits per heavy atom. The van der Waals surface area contributed by atoms with Gasteiger partial charge in [-0.05, 0) is 42.9 Å². The highest BCUT2D eigenvalue weighted by molar-refractivity contribution is 9.09. The zero-order chi connectivity index (χ0) is 16.5. The molecular weight excluding hydrogens is 344 g/mol. The molecule has 0 N–H and O–H groups in total. The van der Waals surface area contributed by atoms with Crippen molar-refractivity contribution in [2.24, 2.45) is 11.8 Å². The second-order valence-corrected chi connectivity index (χ2v) is 6.84. The average molecular weight is 371 g/mol. The van der Waals surface area contributed by atoms with E-state index >= 15 is 0 Å². The molecule has 0 heterocycles. The van der Waals surface area contributed by atoms with Gasteiger partial charge in [0.25, 0.3) is 0 Å². The van der Waals surface area contributed by atoms with Crippen molar-refractivity contribution in [1.82, 2.24) is 0 Å². The quantitative estimate of drug-likeness (QED) is 0.423. The lowest BCUT2D eigenvalue weighted by Gasteiger charge is -2.14. The number of alkyl halides is 1. The molecule has 0 aromatic heterocycles. The van der Waals surface area contributed by atoms with E-state index in [1.54, 1.807) is 6.07 Å². The maximum atomic E-state index is 12.1. The fraction of sp³-hybridized carbons (Fsp3) is 0.611. The minimum absolute atomic E-state index is 0.00820. The summed E-state index contributed by atoms with van der Waals surface area (Å²) in [6, 6.07) is 5.49. The molecule has 0 bridgehead atoms. The van der Waals surface area contributed by atoms with Crippen LogP contribution in [-0.4, -0.2) is 24.3 Å². The molecule has 1 rings (SSSR count). The molecule has 0 atom stereocenters. The first-order chi connectivity index (χ1) is 10.4. The lowest BCUT2D eigenvalue weighted by Crippen LogP contribution is -2.08. The summed E-state index contributed by atoms with van der Waals surface area (Å²) < 4.78 is 11.5. The molecule has 0 spiro atoms. The summed E-state index contributed by atoms with van der Waals surface area (Å²) in [7, 11) is 0. The van der Waals surface area contributed by atoms with Gasteiger partial charge in [0.2, 0.25) is 0 Å². The second kappa shape index (κ2) is 9.88. The highest BCUT2D eigenvalue weighted by atomic mass is 79.9. The average Bonchev–Trinajstić information content (AvgIpc) is 2.46. The molecule has 1 aromatic rings. The zero-order valence-corrected chi connectivity index (χ0v) is 15.6. The zero-order valence-electron chi connectivity index (χ0n) is 14.0. The fourth-order valence-electron chi connectivity index (χ4n) is 1.83. The van der Waals surface area contributed by atoms with Gasteiger partial charge >= 0.3 is 0 Å². The Labute approximate surface area is 142 Å². The SMILES string of the molecule is CC(C)CCOc1ccc(OCCC(C)C)c(C(=O)CBr)c1. The van der Waals surface area contributed by atoms with Crippen molar-refractivity contribution in [2.75, 3.05) is 18.5 Å². The molecule has 22 heavy (non-hydrogen) atoms. The van der Waals surface area contributed by atoms with Crippen LogP contribution in [0, 0.1) is 11.8 Å². The topological polar surface area (TPSA) is 35.5 Å². The predicted octanol–water partition coefficient (Wildman–Crippen LogP) is 5.11. The third kappa shape index (κ3) is 6.82. The van der Waals surface area contributed by atoms with Gasteiger partial charge in [-0.1, -0.05) is 43.6 Å². The Morgan fingerprint density at radius 3 is 2.18 bits per heavy atom. The Kier molecular flexibility index (Phi) is 8.54. The Hall–Kier alpha value is -1.03. The van der Waals surface area contributed by atoms with Gasteiger partial charge in [-0.25, -0.2) is 0 Å². The van der Waals surface area contributed by atoms with E-state index in [0.29, 0.717) is 36.4 Å². The molecule has 3 nitrogen and oxygen atoms in total. The normalized spacial score (nSPS) is 11.0. The van der Waals surface area contributed by atoms with Crippen molar-refractivity contribution in [1.29, 1.82) is 0 Å². The molecule has 0 saturated heterocycles. The van der Waals surface area contributed by atoms with Gasteiger partial charge < -0.3 is 9.47 Å². The number of hydrogen-bond acceptors (Lipinski definition) is 3. The van der Waals surface area contributed by atoms with Crippen LogP contribution in [-0.2, 0) is 0 Å². The summed E-state index contributed by atoms with van der Waals surface area (Å²) in [6.07, 6.45) is 1.96. The molecule has 1 aromatic carbocycles. The molecule has 4 heteroatoms. The minimum Gasteiger partial charge on any atom is -0.494 e. The van der Waals surface area contributed by atoms with Crippen molar-refractivity contribution >= 4 is 21.7 Å². The summed E-state index contributed by atoms with van der Waals surface area (Å²) in [4.78, 5) is 12.1. The van der Waals surface area contributed by atoms with E-state index in [1.807, 2.05) is 12.1 Å². The Morgan fingerprint density at radius 1 is 1.05 bits per heavy atom. The van der Waals surface area contributed by atoms with Crippen LogP contribution in [0.15, 0.2) is 18.2 Å². The lowest BCUT2D eigenvalue weighted by molar-refractivity contribution is 0.101. The molecular formula is C18H27BrO3. The first-order valence-corrected chi connectivity index (χ1v) is 9.05. The maximum absolute atomic E-state index is 12.1. The number of rotatable bonds is 10. The minimum atomic E-state index is 0.00820. The highest BCUT2D eigenvalue weighted by Gasteiger charge is 2.13. The first-order valence-electron chi connectivity index (χ1n) is 7.92. The van der Waals surface area contributed by atoms with Gasteiger partial charge in [-0.2, -0.15) is 0 Å². The number of ether oxygens (including phenoxy) is 2. The first kappa shape index (κ1) is 19.0. The van der Waals surface area contributed by atoms with Crippen LogP contribution in [0.25, 0.3) is 0 Å². The van der Waals surface area contributed by atoms with Crippen molar-refractivity contribution < 1.29 is 14.3 Å². The summed E-state index contributed by atoms with van der Waals surface area (Å²) in [5.41, 5.74) is 0.586. The second-order valence-electron chi connectivity index (χ2n) is 6.28. The van der Waals surface area contributed by atoms with Crippen LogP contribution >= 0.6 is 15.9 Å². The molecule has 0 fully saturated rings. The third-order valence-corrected chi connectivity index (χ3v) is 3.80. The van der Waals surface area contributed by atoms with Gasteiger partial charge in [-0.15, -0.1) is 0 Å². The van der Waals surface area contributed by atoms with Gasteiger partial charge in [-0.3, -0.25) is 4.79 Å². The van der Waals surface area contributed by atoms with Gasteiger partial charge in [0, 0.05) is 0 Å². The summed E-state index contributed by atoms with van der Waals surface area (Å²) in [6.45, 7) is 9.91. The Balaban J connectivity index is 2.77. The number of halogens is 1. The van der Waals surface area contributed by atoms with E-state index in [2.05, 4.69) is 43.6 Å². The van der Waals surface area contributed by atoms with E-state index in [-0.39, 0.29) is 11.1 Å². The number of benzene rings is 1. The molecule has 0 aliphatic heterocycles. The van der Waals surface area contributed by atoms with E-state index in [0.717, 1.165) is 18.6 Å². The van der Waals surface area contributed by atoms with E-state index < -0.39 is 0 Å². The number of carbonyl (C=O) groups excluding carboxylic acids is 1. The summed E-state index contributed by atoms with van der Waals surface area (Å²) in [5.74, 6) is 2.55. The number of carbonyl (C=O) groups is 1. The van der Waals surface area contributed by atoms with Crippen LogP contribution in [0.2, 0.25) is 0 Å². The van der Waals surface area contributed by atoms with Crippen molar-refractivity contribution in [3.63, 3.8) is 0 Å². The van der Waals surface area contributed by atoms with Crippen molar-refractivity contribution in [3.05, 3.63) is 23.8 Å².